The van der Waals surface area contributed by atoms with Crippen molar-refractivity contribution in [2.24, 2.45) is 0 Å². The van der Waals surface area contributed by atoms with Crippen LogP contribution in [0.3, 0.4) is 0 Å². The molecule has 0 atom stereocenters. The summed E-state index contributed by atoms with van der Waals surface area (Å²) in [5, 5.41) is 7.19. The van der Waals surface area contributed by atoms with Crippen LogP contribution in [0.5, 0.6) is 0 Å². The van der Waals surface area contributed by atoms with Gasteiger partial charge in [-0.1, -0.05) is 127 Å². The largest absolute Gasteiger partial charge is 0.454 e. The summed E-state index contributed by atoms with van der Waals surface area (Å²) in [6.07, 6.45) is 0. The molecule has 0 spiro atoms. The van der Waals surface area contributed by atoms with Crippen LogP contribution in [-0.4, -0.2) is 4.57 Å². The standard InChI is InChI=1S/C48H30N2OS/c1-2-14-31(15-3-1)34-28-29-42(46-39-21-7-11-27-45(39)52-48(34)46)50(43-25-13-22-38-37-20-6-10-26-44(37)51-47(38)43)33-17-12-16-32(30-33)49-40-23-8-4-18-35(40)36-19-5-9-24-41(36)49/h1-30H. The summed E-state index contributed by atoms with van der Waals surface area (Å²) in [7, 11) is 0. The molecule has 0 saturated carbocycles. The third-order valence-electron chi connectivity index (χ3n) is 10.4. The normalized spacial score (nSPS) is 11.8. The monoisotopic (exact) mass is 682 g/mol. The van der Waals surface area contributed by atoms with E-state index in [1.165, 1.54) is 53.1 Å². The Hall–Kier alpha value is -6.62. The third kappa shape index (κ3) is 4.31. The maximum Gasteiger partial charge on any atom is 0.159 e. The van der Waals surface area contributed by atoms with Gasteiger partial charge in [-0.05, 0) is 65.7 Å². The molecule has 3 nitrogen and oxygen atoms in total. The second-order valence-corrected chi connectivity index (χ2v) is 14.3. The predicted octanol–water partition coefficient (Wildman–Crippen LogP) is 14.2. The average molecular weight is 683 g/mol. The molecule has 11 rings (SSSR count). The van der Waals surface area contributed by atoms with E-state index in [2.05, 4.69) is 185 Å². The van der Waals surface area contributed by atoms with Crippen LogP contribution in [-0.2, 0) is 0 Å². The van der Waals surface area contributed by atoms with Gasteiger partial charge < -0.3 is 13.9 Å². The first-order valence-corrected chi connectivity index (χ1v) is 18.4. The molecule has 0 amide bonds. The molecule has 52 heavy (non-hydrogen) atoms. The second-order valence-electron chi connectivity index (χ2n) is 13.3. The number of rotatable bonds is 5. The van der Waals surface area contributed by atoms with Gasteiger partial charge in [0.1, 0.15) is 5.58 Å². The van der Waals surface area contributed by atoms with Crippen LogP contribution in [0.4, 0.5) is 17.1 Å². The number of para-hydroxylation sites is 4. The summed E-state index contributed by atoms with van der Waals surface area (Å²) in [5.74, 6) is 0. The van der Waals surface area contributed by atoms with E-state index in [9.17, 15) is 0 Å². The number of fused-ring (bicyclic) bond motifs is 9. The third-order valence-corrected chi connectivity index (χ3v) is 11.6. The number of hydrogen-bond acceptors (Lipinski definition) is 3. The zero-order chi connectivity index (χ0) is 34.2. The maximum atomic E-state index is 6.76. The van der Waals surface area contributed by atoms with E-state index in [0.29, 0.717) is 0 Å². The quantitative estimate of drug-likeness (QED) is 0.180. The van der Waals surface area contributed by atoms with Crippen LogP contribution < -0.4 is 4.90 Å². The molecule has 0 radical (unpaired) electrons. The lowest BCUT2D eigenvalue weighted by molar-refractivity contribution is 0.669. The molecular weight excluding hydrogens is 653 g/mol. The number of anilines is 3. The lowest BCUT2D eigenvalue weighted by Gasteiger charge is -2.27. The first-order chi connectivity index (χ1) is 25.8. The minimum absolute atomic E-state index is 0.866. The number of thiophene rings is 1. The molecule has 0 aliphatic heterocycles. The Morgan fingerprint density at radius 3 is 1.94 bits per heavy atom. The van der Waals surface area contributed by atoms with E-state index in [-0.39, 0.29) is 0 Å². The number of nitrogens with zero attached hydrogens (tertiary/aromatic N) is 2. The lowest BCUT2D eigenvalue weighted by atomic mass is 10.00. The van der Waals surface area contributed by atoms with Crippen molar-refractivity contribution in [1.82, 2.24) is 4.57 Å². The molecule has 0 aliphatic carbocycles. The van der Waals surface area contributed by atoms with Crippen molar-refractivity contribution < 1.29 is 4.42 Å². The average Bonchev–Trinajstić information content (AvgIpc) is 3.89. The molecule has 0 unspecified atom stereocenters. The van der Waals surface area contributed by atoms with Crippen molar-refractivity contribution in [3.63, 3.8) is 0 Å². The zero-order valence-electron chi connectivity index (χ0n) is 28.0. The van der Waals surface area contributed by atoms with Crippen LogP contribution in [0, 0.1) is 0 Å². The van der Waals surface area contributed by atoms with Gasteiger partial charge in [0.25, 0.3) is 0 Å². The van der Waals surface area contributed by atoms with Crippen molar-refractivity contribution in [2.45, 2.75) is 0 Å². The Kier molecular flexibility index (Phi) is 6.42. The minimum Gasteiger partial charge on any atom is -0.454 e. The molecule has 0 fully saturated rings. The molecule has 11 aromatic rings. The van der Waals surface area contributed by atoms with Crippen LogP contribution >= 0.6 is 11.3 Å². The molecule has 0 saturated heterocycles. The smallest absolute Gasteiger partial charge is 0.159 e. The fourth-order valence-corrected chi connectivity index (χ4v) is 9.39. The minimum atomic E-state index is 0.866. The van der Waals surface area contributed by atoms with E-state index in [0.717, 1.165) is 44.7 Å². The molecule has 0 N–H and O–H groups in total. The van der Waals surface area contributed by atoms with Gasteiger partial charge in [-0.3, -0.25) is 0 Å². The van der Waals surface area contributed by atoms with Crippen LogP contribution in [0.15, 0.2) is 186 Å². The number of aromatic nitrogens is 1. The highest BCUT2D eigenvalue weighted by Gasteiger charge is 2.24. The SMILES string of the molecule is c1ccc(-c2ccc(N(c3cccc(-n4c5ccccc5c5ccccc54)c3)c3cccc4c3oc3ccccc34)c3c2sc2ccccc23)cc1. The van der Waals surface area contributed by atoms with Gasteiger partial charge in [-0.25, -0.2) is 0 Å². The zero-order valence-corrected chi connectivity index (χ0v) is 28.8. The summed E-state index contributed by atoms with van der Waals surface area (Å²) in [4.78, 5) is 2.42. The van der Waals surface area contributed by atoms with E-state index in [4.69, 9.17) is 4.42 Å². The van der Waals surface area contributed by atoms with Crippen molar-refractivity contribution in [2.75, 3.05) is 4.90 Å². The topological polar surface area (TPSA) is 21.3 Å². The van der Waals surface area contributed by atoms with Crippen molar-refractivity contribution >= 4 is 92.3 Å². The van der Waals surface area contributed by atoms with Crippen molar-refractivity contribution in [1.29, 1.82) is 0 Å². The second kappa shape index (κ2) is 11.5. The van der Waals surface area contributed by atoms with Gasteiger partial charge in [0.05, 0.1) is 22.4 Å². The molecular formula is C48H30N2OS. The van der Waals surface area contributed by atoms with Gasteiger partial charge in [-0.15, -0.1) is 11.3 Å². The van der Waals surface area contributed by atoms with Crippen molar-refractivity contribution in [3.8, 4) is 16.8 Å². The summed E-state index contributed by atoms with van der Waals surface area (Å²) in [5.41, 5.74) is 10.8. The number of furan rings is 1. The Labute approximate surface area is 303 Å². The van der Waals surface area contributed by atoms with Gasteiger partial charge in [0.2, 0.25) is 0 Å². The molecule has 0 aliphatic rings. The van der Waals surface area contributed by atoms with Crippen LogP contribution in [0.25, 0.3) is 80.7 Å². The highest BCUT2D eigenvalue weighted by molar-refractivity contribution is 7.26. The van der Waals surface area contributed by atoms with E-state index >= 15 is 0 Å². The van der Waals surface area contributed by atoms with E-state index < -0.39 is 0 Å². The van der Waals surface area contributed by atoms with Crippen LogP contribution in [0.2, 0.25) is 0 Å². The fourth-order valence-electron chi connectivity index (χ4n) is 8.13. The summed E-state index contributed by atoms with van der Waals surface area (Å²) in [6, 6.07) is 65.4. The van der Waals surface area contributed by atoms with Crippen molar-refractivity contribution in [3.05, 3.63) is 182 Å². The van der Waals surface area contributed by atoms with E-state index in [1.54, 1.807) is 0 Å². The van der Waals surface area contributed by atoms with Gasteiger partial charge in [0.15, 0.2) is 5.58 Å². The molecule has 3 heterocycles. The summed E-state index contributed by atoms with van der Waals surface area (Å²) >= 11 is 1.86. The molecule has 0 bridgehead atoms. The Morgan fingerprint density at radius 2 is 1.13 bits per heavy atom. The molecule has 3 aromatic heterocycles. The Morgan fingerprint density at radius 1 is 0.481 bits per heavy atom. The molecule has 4 heteroatoms. The van der Waals surface area contributed by atoms with Crippen LogP contribution in [0.1, 0.15) is 0 Å². The first kappa shape index (κ1) is 29.1. The molecule has 244 valence electrons. The predicted molar refractivity (Wildman–Crippen MR) is 221 cm³/mol. The lowest BCUT2D eigenvalue weighted by Crippen LogP contribution is -2.11. The summed E-state index contributed by atoms with van der Waals surface area (Å²) < 4.78 is 11.7. The molecule has 8 aromatic carbocycles. The van der Waals surface area contributed by atoms with E-state index in [1.807, 2.05) is 17.4 Å². The summed E-state index contributed by atoms with van der Waals surface area (Å²) in [6.45, 7) is 0. The number of hydrogen-bond donors (Lipinski definition) is 0. The fraction of sp³-hybridized carbons (Fsp3) is 0. The van der Waals surface area contributed by atoms with Gasteiger partial charge >= 0.3 is 0 Å². The Bertz CT molecular complexity index is 3100. The van der Waals surface area contributed by atoms with Gasteiger partial charge in [-0.2, -0.15) is 0 Å². The number of benzene rings is 8. The first-order valence-electron chi connectivity index (χ1n) is 17.6. The highest BCUT2D eigenvalue weighted by Crippen LogP contribution is 2.50. The van der Waals surface area contributed by atoms with Gasteiger partial charge in [0, 0.05) is 53.1 Å². The highest BCUT2D eigenvalue weighted by atomic mass is 32.1. The maximum absolute atomic E-state index is 6.76. The Balaban J connectivity index is 1.24.